The van der Waals surface area contributed by atoms with Crippen LogP contribution in [0, 0.1) is 6.92 Å². The third-order valence-electron chi connectivity index (χ3n) is 3.78. The average molecular weight is 265 g/mol. The van der Waals surface area contributed by atoms with E-state index in [-0.39, 0.29) is 6.04 Å². The Morgan fingerprint density at radius 1 is 1.30 bits per heavy atom. The smallest absolute Gasteiger partial charge is 0.183 e. The van der Waals surface area contributed by atoms with Gasteiger partial charge in [0.2, 0.25) is 0 Å². The molecule has 5 heteroatoms. The van der Waals surface area contributed by atoms with E-state index in [4.69, 9.17) is 0 Å². The van der Waals surface area contributed by atoms with Crippen LogP contribution in [0.3, 0.4) is 0 Å². The minimum atomic E-state index is 0.231. The van der Waals surface area contributed by atoms with E-state index >= 15 is 0 Å². The molecule has 4 heterocycles. The Labute approximate surface area is 116 Å². The van der Waals surface area contributed by atoms with Gasteiger partial charge < -0.3 is 5.32 Å². The van der Waals surface area contributed by atoms with Crippen LogP contribution in [0.4, 0.5) is 5.82 Å². The number of hydrogen-bond acceptors (Lipinski definition) is 4. The quantitative estimate of drug-likeness (QED) is 0.734. The number of anilines is 1. The number of pyridine rings is 2. The van der Waals surface area contributed by atoms with Gasteiger partial charge in [-0.25, -0.2) is 9.67 Å². The molecule has 0 spiro atoms. The predicted molar refractivity (Wildman–Crippen MR) is 77.7 cm³/mol. The molecule has 4 rings (SSSR count). The van der Waals surface area contributed by atoms with Gasteiger partial charge in [0.15, 0.2) is 5.65 Å². The van der Waals surface area contributed by atoms with Crippen LogP contribution in [0.1, 0.15) is 23.7 Å². The third-order valence-corrected chi connectivity index (χ3v) is 3.78. The van der Waals surface area contributed by atoms with Crippen molar-refractivity contribution < 1.29 is 0 Å². The normalized spacial score (nSPS) is 17.8. The molecule has 0 fully saturated rings. The summed E-state index contributed by atoms with van der Waals surface area (Å²) in [6, 6.07) is 8.44. The molecule has 0 saturated heterocycles. The topological polar surface area (TPSA) is 55.6 Å². The van der Waals surface area contributed by atoms with E-state index in [2.05, 4.69) is 37.2 Å². The van der Waals surface area contributed by atoms with Gasteiger partial charge in [-0.15, -0.1) is 5.10 Å². The van der Waals surface area contributed by atoms with Crippen LogP contribution >= 0.6 is 0 Å². The molecule has 0 aliphatic carbocycles. The van der Waals surface area contributed by atoms with Gasteiger partial charge in [-0.05, 0) is 37.1 Å². The van der Waals surface area contributed by atoms with E-state index in [1.165, 1.54) is 5.56 Å². The van der Waals surface area contributed by atoms with Crippen LogP contribution in [-0.4, -0.2) is 26.3 Å². The van der Waals surface area contributed by atoms with Crippen LogP contribution in [0.5, 0.6) is 0 Å². The number of nitrogens with one attached hydrogen (secondary N) is 1. The maximum Gasteiger partial charge on any atom is 0.183 e. The molecular weight excluding hydrogens is 250 g/mol. The predicted octanol–water partition coefficient (Wildman–Crippen LogP) is 2.54. The standard InChI is InChI=1S/C15H15N5/c1-10-4-5-12-14(18-10)19-20-13(6-8-17-15(12)20)11-3-2-7-16-9-11/h2-5,7,9,13,17H,6,8H2,1H3. The van der Waals surface area contributed by atoms with Gasteiger partial charge in [-0.2, -0.15) is 0 Å². The maximum atomic E-state index is 4.69. The fraction of sp³-hybridized carbons (Fsp3) is 0.267. The lowest BCUT2D eigenvalue weighted by atomic mass is 10.0. The summed E-state index contributed by atoms with van der Waals surface area (Å²) in [6.07, 6.45) is 4.73. The van der Waals surface area contributed by atoms with Crippen LogP contribution < -0.4 is 5.32 Å². The minimum Gasteiger partial charge on any atom is -0.370 e. The fourth-order valence-corrected chi connectivity index (χ4v) is 2.81. The van der Waals surface area contributed by atoms with Crippen LogP contribution in [0.2, 0.25) is 0 Å². The molecule has 1 unspecified atom stereocenters. The first-order valence-electron chi connectivity index (χ1n) is 6.82. The molecule has 0 radical (unpaired) electrons. The van der Waals surface area contributed by atoms with Gasteiger partial charge in [0.05, 0.1) is 11.4 Å². The van der Waals surface area contributed by atoms with E-state index in [1.807, 2.05) is 25.3 Å². The van der Waals surface area contributed by atoms with E-state index in [1.54, 1.807) is 6.20 Å². The fourth-order valence-electron chi connectivity index (χ4n) is 2.81. The zero-order valence-corrected chi connectivity index (χ0v) is 11.2. The van der Waals surface area contributed by atoms with E-state index in [0.29, 0.717) is 0 Å². The highest BCUT2D eigenvalue weighted by Gasteiger charge is 2.25. The van der Waals surface area contributed by atoms with Crippen molar-refractivity contribution in [2.75, 3.05) is 11.9 Å². The number of hydrogen-bond donors (Lipinski definition) is 1. The maximum absolute atomic E-state index is 4.69. The summed E-state index contributed by atoms with van der Waals surface area (Å²) in [5, 5.41) is 9.22. The SMILES string of the molecule is Cc1ccc2c3n(nc2n1)C(c1cccnc1)CCN3. The molecule has 3 aromatic heterocycles. The minimum absolute atomic E-state index is 0.231. The van der Waals surface area contributed by atoms with Gasteiger partial charge in [-0.1, -0.05) is 6.07 Å². The monoisotopic (exact) mass is 265 g/mol. The molecule has 1 atom stereocenters. The second-order valence-electron chi connectivity index (χ2n) is 5.13. The van der Waals surface area contributed by atoms with Gasteiger partial charge in [0, 0.05) is 24.6 Å². The Kier molecular flexibility index (Phi) is 2.45. The van der Waals surface area contributed by atoms with Gasteiger partial charge in [0.1, 0.15) is 5.82 Å². The summed E-state index contributed by atoms with van der Waals surface area (Å²) in [4.78, 5) is 8.74. The van der Waals surface area contributed by atoms with Crippen molar-refractivity contribution in [3.63, 3.8) is 0 Å². The summed E-state index contributed by atoms with van der Waals surface area (Å²) in [7, 11) is 0. The van der Waals surface area contributed by atoms with Crippen molar-refractivity contribution in [1.29, 1.82) is 0 Å². The Balaban J connectivity index is 1.91. The Morgan fingerprint density at radius 3 is 3.10 bits per heavy atom. The summed E-state index contributed by atoms with van der Waals surface area (Å²) >= 11 is 0. The lowest BCUT2D eigenvalue weighted by Gasteiger charge is -2.25. The number of rotatable bonds is 1. The molecule has 100 valence electrons. The van der Waals surface area contributed by atoms with Crippen LogP contribution in [0.25, 0.3) is 11.0 Å². The first kappa shape index (κ1) is 11.4. The highest BCUT2D eigenvalue weighted by molar-refractivity contribution is 5.88. The van der Waals surface area contributed by atoms with Crippen LogP contribution in [-0.2, 0) is 0 Å². The van der Waals surface area contributed by atoms with Gasteiger partial charge >= 0.3 is 0 Å². The van der Waals surface area contributed by atoms with E-state index in [0.717, 1.165) is 35.5 Å². The van der Waals surface area contributed by atoms with Crippen LogP contribution in [0.15, 0.2) is 36.7 Å². The van der Waals surface area contributed by atoms with Crippen molar-refractivity contribution in [2.24, 2.45) is 0 Å². The van der Waals surface area contributed by atoms with Crippen molar-refractivity contribution in [2.45, 2.75) is 19.4 Å². The zero-order valence-electron chi connectivity index (χ0n) is 11.2. The molecule has 1 aliphatic rings. The number of fused-ring (bicyclic) bond motifs is 3. The van der Waals surface area contributed by atoms with E-state index in [9.17, 15) is 0 Å². The molecule has 1 N–H and O–H groups in total. The largest absolute Gasteiger partial charge is 0.370 e. The molecule has 0 amide bonds. The highest BCUT2D eigenvalue weighted by Crippen LogP contribution is 2.33. The Hall–Kier alpha value is -2.43. The summed E-state index contributed by atoms with van der Waals surface area (Å²) in [5.41, 5.74) is 2.99. The van der Waals surface area contributed by atoms with Crippen molar-refractivity contribution in [1.82, 2.24) is 19.7 Å². The molecule has 3 aromatic rings. The summed E-state index contributed by atoms with van der Waals surface area (Å²) in [6.45, 7) is 2.93. The first-order valence-corrected chi connectivity index (χ1v) is 6.82. The average Bonchev–Trinajstić information content (AvgIpc) is 2.85. The van der Waals surface area contributed by atoms with E-state index < -0.39 is 0 Å². The number of aromatic nitrogens is 4. The number of aryl methyl sites for hydroxylation is 1. The van der Waals surface area contributed by atoms with Crippen molar-refractivity contribution >= 4 is 16.9 Å². The summed E-state index contributed by atoms with van der Waals surface area (Å²) in [5.74, 6) is 1.06. The number of nitrogens with zero attached hydrogens (tertiary/aromatic N) is 4. The lowest BCUT2D eigenvalue weighted by molar-refractivity contribution is 0.484. The Morgan fingerprint density at radius 2 is 2.25 bits per heavy atom. The second kappa shape index (κ2) is 4.30. The van der Waals surface area contributed by atoms with Gasteiger partial charge in [-0.3, -0.25) is 4.98 Å². The Bertz CT molecular complexity index is 763. The van der Waals surface area contributed by atoms with Crippen molar-refractivity contribution in [3.8, 4) is 0 Å². The molecule has 5 nitrogen and oxygen atoms in total. The molecular formula is C15H15N5. The first-order chi connectivity index (χ1) is 9.83. The zero-order chi connectivity index (χ0) is 13.5. The molecule has 1 aliphatic heterocycles. The highest BCUT2D eigenvalue weighted by atomic mass is 15.4. The van der Waals surface area contributed by atoms with Gasteiger partial charge in [0.25, 0.3) is 0 Å². The second-order valence-corrected chi connectivity index (χ2v) is 5.13. The molecule has 0 aromatic carbocycles. The molecule has 0 bridgehead atoms. The third kappa shape index (κ3) is 1.66. The lowest BCUT2D eigenvalue weighted by Crippen LogP contribution is -2.24. The molecule has 20 heavy (non-hydrogen) atoms. The molecule has 0 saturated carbocycles. The summed E-state index contributed by atoms with van der Waals surface area (Å²) < 4.78 is 2.05. The van der Waals surface area contributed by atoms with Crippen molar-refractivity contribution in [3.05, 3.63) is 47.9 Å².